The molecule has 3 heteroatoms. The van der Waals surface area contributed by atoms with Gasteiger partial charge >= 0.3 is 5.97 Å². The molecule has 2 atom stereocenters. The second kappa shape index (κ2) is 5.41. The van der Waals surface area contributed by atoms with Crippen molar-refractivity contribution in [1.82, 2.24) is 0 Å². The molecule has 0 saturated carbocycles. The smallest absolute Gasteiger partial charge is 0.309 e. The summed E-state index contributed by atoms with van der Waals surface area (Å²) in [5.74, 6) is -0.732. The van der Waals surface area contributed by atoms with Crippen LogP contribution in [0, 0.1) is 16.2 Å². The molecular formula is C15H28O3. The van der Waals surface area contributed by atoms with E-state index in [1.807, 2.05) is 34.6 Å². The van der Waals surface area contributed by atoms with Crippen LogP contribution in [0.2, 0.25) is 0 Å². The van der Waals surface area contributed by atoms with Crippen molar-refractivity contribution in [2.45, 2.75) is 67.7 Å². The number of aliphatic carboxylic acids is 1. The van der Waals surface area contributed by atoms with Crippen LogP contribution >= 0.6 is 0 Å². The summed E-state index contributed by atoms with van der Waals surface area (Å²) in [6.07, 6.45) is 1.64. The minimum absolute atomic E-state index is 0.0709. The SMILES string of the molecule is CCC(C)(CC(C)(CC(C)(C)C)C(=O)O)C(C)=O. The van der Waals surface area contributed by atoms with Gasteiger partial charge in [0, 0.05) is 5.41 Å². The average molecular weight is 256 g/mol. The van der Waals surface area contributed by atoms with E-state index in [0.717, 1.165) is 0 Å². The van der Waals surface area contributed by atoms with E-state index in [1.165, 1.54) is 0 Å². The first kappa shape index (κ1) is 17.1. The van der Waals surface area contributed by atoms with Crippen molar-refractivity contribution >= 4 is 11.8 Å². The van der Waals surface area contributed by atoms with E-state index in [-0.39, 0.29) is 11.2 Å². The van der Waals surface area contributed by atoms with Gasteiger partial charge in [-0.25, -0.2) is 0 Å². The van der Waals surface area contributed by atoms with Gasteiger partial charge in [0.1, 0.15) is 5.78 Å². The third-order valence-corrected chi connectivity index (χ3v) is 3.85. The Kier molecular flexibility index (Phi) is 5.16. The Labute approximate surface area is 111 Å². The minimum Gasteiger partial charge on any atom is -0.481 e. The first-order chi connectivity index (χ1) is 7.86. The summed E-state index contributed by atoms with van der Waals surface area (Å²) >= 11 is 0. The maximum absolute atomic E-state index is 11.8. The molecule has 0 bridgehead atoms. The predicted octanol–water partition coefficient (Wildman–Crippen LogP) is 3.91. The molecule has 0 aromatic rings. The van der Waals surface area contributed by atoms with E-state index in [0.29, 0.717) is 19.3 Å². The monoisotopic (exact) mass is 256 g/mol. The first-order valence-electron chi connectivity index (χ1n) is 6.61. The largest absolute Gasteiger partial charge is 0.481 e. The highest BCUT2D eigenvalue weighted by atomic mass is 16.4. The van der Waals surface area contributed by atoms with E-state index in [1.54, 1.807) is 13.8 Å². The van der Waals surface area contributed by atoms with Crippen LogP contribution in [0.15, 0.2) is 0 Å². The quantitative estimate of drug-likeness (QED) is 0.784. The van der Waals surface area contributed by atoms with E-state index in [2.05, 4.69) is 0 Å². The van der Waals surface area contributed by atoms with Crippen LogP contribution < -0.4 is 0 Å². The van der Waals surface area contributed by atoms with Crippen molar-refractivity contribution in [2.24, 2.45) is 16.2 Å². The molecule has 18 heavy (non-hydrogen) atoms. The first-order valence-corrected chi connectivity index (χ1v) is 6.61. The Morgan fingerprint density at radius 1 is 0.944 bits per heavy atom. The van der Waals surface area contributed by atoms with Crippen molar-refractivity contribution in [2.75, 3.05) is 0 Å². The second-order valence-electron chi connectivity index (χ2n) is 7.25. The van der Waals surface area contributed by atoms with Crippen molar-refractivity contribution in [3.63, 3.8) is 0 Å². The lowest BCUT2D eigenvalue weighted by Crippen LogP contribution is -2.40. The number of carbonyl (C=O) groups is 2. The number of rotatable bonds is 6. The third-order valence-electron chi connectivity index (χ3n) is 3.85. The van der Waals surface area contributed by atoms with Crippen LogP contribution in [0.1, 0.15) is 67.7 Å². The Morgan fingerprint density at radius 2 is 1.39 bits per heavy atom. The van der Waals surface area contributed by atoms with Gasteiger partial charge in [0.15, 0.2) is 0 Å². The van der Waals surface area contributed by atoms with Gasteiger partial charge in [-0.1, -0.05) is 34.6 Å². The molecule has 0 rings (SSSR count). The van der Waals surface area contributed by atoms with Crippen LogP contribution in [0.3, 0.4) is 0 Å². The Hall–Kier alpha value is -0.860. The maximum Gasteiger partial charge on any atom is 0.309 e. The normalized spacial score (nSPS) is 18.8. The summed E-state index contributed by atoms with van der Waals surface area (Å²) in [7, 11) is 0. The van der Waals surface area contributed by atoms with Crippen LogP contribution in [-0.4, -0.2) is 16.9 Å². The number of hydrogen-bond acceptors (Lipinski definition) is 2. The molecule has 0 aromatic carbocycles. The molecule has 0 heterocycles. The molecule has 0 aliphatic rings. The average Bonchev–Trinajstić information content (AvgIpc) is 2.13. The van der Waals surface area contributed by atoms with E-state index >= 15 is 0 Å². The molecule has 0 amide bonds. The van der Waals surface area contributed by atoms with E-state index in [9.17, 15) is 14.7 Å². The molecule has 0 radical (unpaired) electrons. The molecule has 106 valence electrons. The van der Waals surface area contributed by atoms with Gasteiger partial charge in [0.2, 0.25) is 0 Å². The van der Waals surface area contributed by atoms with E-state index in [4.69, 9.17) is 0 Å². The summed E-state index contributed by atoms with van der Waals surface area (Å²) in [5.41, 5.74) is -1.47. The van der Waals surface area contributed by atoms with Gasteiger partial charge in [-0.3, -0.25) is 9.59 Å². The molecule has 0 fully saturated rings. The fourth-order valence-corrected chi connectivity index (χ4v) is 2.74. The zero-order valence-electron chi connectivity index (χ0n) is 12.9. The predicted molar refractivity (Wildman–Crippen MR) is 73.5 cm³/mol. The summed E-state index contributed by atoms with van der Waals surface area (Å²) in [4.78, 5) is 23.4. The van der Waals surface area contributed by atoms with Crippen molar-refractivity contribution in [3.8, 4) is 0 Å². The Morgan fingerprint density at radius 3 is 1.61 bits per heavy atom. The molecule has 2 unspecified atom stereocenters. The zero-order valence-corrected chi connectivity index (χ0v) is 12.9. The minimum atomic E-state index is -0.852. The number of Topliss-reactive ketones (excluding diaryl/α,β-unsaturated/α-hetero) is 1. The number of hydrogen-bond donors (Lipinski definition) is 1. The third kappa shape index (κ3) is 4.43. The summed E-state index contributed by atoms with van der Waals surface area (Å²) in [6, 6.07) is 0. The van der Waals surface area contributed by atoms with Crippen LogP contribution in [0.4, 0.5) is 0 Å². The number of carboxylic acids is 1. The van der Waals surface area contributed by atoms with Crippen LogP contribution in [0.25, 0.3) is 0 Å². The van der Waals surface area contributed by atoms with Gasteiger partial charge in [-0.2, -0.15) is 0 Å². The van der Waals surface area contributed by atoms with Crippen molar-refractivity contribution in [1.29, 1.82) is 0 Å². The number of carboxylic acid groups (broad SMARTS) is 1. The molecular weight excluding hydrogens is 228 g/mol. The van der Waals surface area contributed by atoms with Crippen molar-refractivity contribution in [3.05, 3.63) is 0 Å². The highest BCUT2D eigenvalue weighted by molar-refractivity contribution is 5.83. The highest BCUT2D eigenvalue weighted by Gasteiger charge is 2.44. The molecule has 0 aromatic heterocycles. The molecule has 3 nitrogen and oxygen atoms in total. The fraction of sp³-hybridized carbons (Fsp3) is 0.867. The van der Waals surface area contributed by atoms with Gasteiger partial charge in [-0.05, 0) is 38.5 Å². The summed E-state index contributed by atoms with van der Waals surface area (Å²) in [5, 5.41) is 9.53. The number of ketones is 1. The Bertz CT molecular complexity index is 327. The molecule has 0 aliphatic carbocycles. The highest BCUT2D eigenvalue weighted by Crippen LogP contribution is 2.44. The molecule has 1 N–H and O–H groups in total. The second-order valence-corrected chi connectivity index (χ2v) is 7.25. The molecule has 0 spiro atoms. The van der Waals surface area contributed by atoms with Gasteiger partial charge < -0.3 is 5.11 Å². The van der Waals surface area contributed by atoms with Crippen LogP contribution in [-0.2, 0) is 9.59 Å². The van der Waals surface area contributed by atoms with Gasteiger partial charge in [0.05, 0.1) is 5.41 Å². The summed E-state index contributed by atoms with van der Waals surface area (Å²) < 4.78 is 0. The number of carbonyl (C=O) groups excluding carboxylic acids is 1. The standard InChI is InChI=1S/C15H28O3/c1-8-14(6,11(2)16)10-15(7,12(17)18)9-13(3,4)5/h8-10H2,1-7H3,(H,17,18). The Balaban J connectivity index is 5.27. The lowest BCUT2D eigenvalue weighted by Gasteiger charge is -2.38. The lowest BCUT2D eigenvalue weighted by atomic mass is 9.64. The molecule has 0 aliphatic heterocycles. The molecule has 0 saturated heterocycles. The van der Waals surface area contributed by atoms with Gasteiger partial charge in [-0.15, -0.1) is 0 Å². The van der Waals surface area contributed by atoms with Crippen LogP contribution in [0.5, 0.6) is 0 Å². The lowest BCUT2D eigenvalue weighted by molar-refractivity contribution is -0.153. The topological polar surface area (TPSA) is 54.4 Å². The summed E-state index contributed by atoms with van der Waals surface area (Å²) in [6.45, 7) is 13.2. The van der Waals surface area contributed by atoms with Gasteiger partial charge in [0.25, 0.3) is 0 Å². The zero-order chi connectivity index (χ0) is 14.8. The maximum atomic E-state index is 11.8. The van der Waals surface area contributed by atoms with E-state index < -0.39 is 16.8 Å². The van der Waals surface area contributed by atoms with Crippen molar-refractivity contribution < 1.29 is 14.7 Å². The fourth-order valence-electron chi connectivity index (χ4n) is 2.74.